The lowest BCUT2D eigenvalue weighted by Gasteiger charge is -2.30. The lowest BCUT2D eigenvalue weighted by molar-refractivity contribution is 0.0209. The minimum absolute atomic E-state index is 0.116. The highest BCUT2D eigenvalue weighted by Crippen LogP contribution is 2.22. The molecule has 0 atom stereocenters. The van der Waals surface area contributed by atoms with Crippen LogP contribution in [-0.2, 0) is 14.8 Å². The third-order valence-electron chi connectivity index (χ3n) is 4.32. The van der Waals surface area contributed by atoms with E-state index in [2.05, 4.69) is 5.10 Å². The van der Waals surface area contributed by atoms with Crippen molar-refractivity contribution in [3.63, 3.8) is 0 Å². The molecule has 1 fully saturated rings. The van der Waals surface area contributed by atoms with E-state index in [9.17, 15) is 8.42 Å². The van der Waals surface area contributed by atoms with Gasteiger partial charge in [-0.3, -0.25) is 0 Å². The molecule has 1 saturated heterocycles. The average molecular weight is 364 g/mol. The first kappa shape index (κ1) is 18.1. The summed E-state index contributed by atoms with van der Waals surface area (Å²) >= 11 is 0. The van der Waals surface area contributed by atoms with Crippen LogP contribution in [0.2, 0.25) is 0 Å². The fourth-order valence-electron chi connectivity index (χ4n) is 2.88. The largest absolute Gasteiger partial charge is 0.378 e. The number of piperidine rings is 1. The summed E-state index contributed by atoms with van der Waals surface area (Å²) in [7, 11) is -3.52. The van der Waals surface area contributed by atoms with Crippen LogP contribution in [-0.4, -0.2) is 54.8 Å². The Hall–Kier alpha value is -1.74. The van der Waals surface area contributed by atoms with E-state index in [1.165, 1.54) is 10.5 Å². The van der Waals surface area contributed by atoms with E-state index >= 15 is 0 Å². The Morgan fingerprint density at radius 3 is 2.60 bits per heavy atom. The average Bonchev–Trinajstić information content (AvgIpc) is 3.14. The molecule has 0 spiro atoms. The predicted octanol–water partition coefficient (Wildman–Crippen LogP) is 1.39. The molecule has 2 aromatic rings. The van der Waals surface area contributed by atoms with Crippen LogP contribution in [0.5, 0.6) is 0 Å². The molecule has 8 heteroatoms. The van der Waals surface area contributed by atoms with E-state index in [0.29, 0.717) is 39.1 Å². The summed E-state index contributed by atoms with van der Waals surface area (Å²) in [4.78, 5) is 0.221. The van der Waals surface area contributed by atoms with Crippen LogP contribution in [0.3, 0.4) is 0 Å². The van der Waals surface area contributed by atoms with Crippen LogP contribution in [0.25, 0.3) is 5.69 Å². The highest BCUT2D eigenvalue weighted by molar-refractivity contribution is 7.89. The fourth-order valence-corrected chi connectivity index (χ4v) is 4.29. The lowest BCUT2D eigenvalue weighted by atomic mass is 10.1. The normalized spacial score (nSPS) is 17.0. The molecule has 0 unspecified atom stereocenters. The van der Waals surface area contributed by atoms with Gasteiger partial charge in [0.05, 0.1) is 24.2 Å². The van der Waals surface area contributed by atoms with Crippen molar-refractivity contribution >= 4 is 10.0 Å². The minimum atomic E-state index is -3.52. The number of hydrogen-bond acceptors (Lipinski definition) is 5. The molecule has 0 aliphatic carbocycles. The van der Waals surface area contributed by atoms with Crippen molar-refractivity contribution in [2.45, 2.75) is 30.3 Å². The summed E-state index contributed by atoms with van der Waals surface area (Å²) in [5.41, 5.74) is 6.29. The number of hydrogen-bond donors (Lipinski definition) is 1. The SMILES string of the molecule is NCCCOC1CCN(S(=O)(=O)c2cnn(-c3ccccc3)c2)CC1. The number of nitrogens with zero attached hydrogens (tertiary/aromatic N) is 3. The number of nitrogens with two attached hydrogens (primary N) is 1. The summed E-state index contributed by atoms with van der Waals surface area (Å²) in [6.07, 6.45) is 5.33. The van der Waals surface area contributed by atoms with Crippen LogP contribution in [0, 0.1) is 0 Å². The van der Waals surface area contributed by atoms with Gasteiger partial charge in [-0.1, -0.05) is 18.2 Å². The van der Waals surface area contributed by atoms with E-state index in [-0.39, 0.29) is 11.0 Å². The molecule has 25 heavy (non-hydrogen) atoms. The maximum absolute atomic E-state index is 12.8. The second-order valence-electron chi connectivity index (χ2n) is 6.07. The Morgan fingerprint density at radius 1 is 1.20 bits per heavy atom. The van der Waals surface area contributed by atoms with Gasteiger partial charge in [-0.2, -0.15) is 9.40 Å². The van der Waals surface area contributed by atoms with Crippen molar-refractivity contribution in [3.05, 3.63) is 42.7 Å². The van der Waals surface area contributed by atoms with E-state index in [1.54, 1.807) is 10.9 Å². The molecule has 0 saturated carbocycles. The number of para-hydroxylation sites is 1. The maximum atomic E-state index is 12.8. The molecule has 2 heterocycles. The molecule has 2 N–H and O–H groups in total. The standard InChI is InChI=1S/C17H24N4O3S/c18-9-4-12-24-16-7-10-20(11-8-16)25(22,23)17-13-19-21(14-17)15-5-2-1-3-6-15/h1-3,5-6,13-14,16H,4,7-12,18H2. The first-order valence-corrected chi connectivity index (χ1v) is 9.97. The quantitative estimate of drug-likeness (QED) is 0.750. The van der Waals surface area contributed by atoms with E-state index in [0.717, 1.165) is 12.1 Å². The van der Waals surface area contributed by atoms with Crippen LogP contribution < -0.4 is 5.73 Å². The highest BCUT2D eigenvalue weighted by atomic mass is 32.2. The molecular weight excluding hydrogens is 340 g/mol. The monoisotopic (exact) mass is 364 g/mol. The summed E-state index contributed by atoms with van der Waals surface area (Å²) in [6.45, 7) is 2.18. The summed E-state index contributed by atoms with van der Waals surface area (Å²) < 4.78 is 34.5. The Labute approximate surface area is 148 Å². The van der Waals surface area contributed by atoms with Gasteiger partial charge in [-0.25, -0.2) is 13.1 Å². The molecule has 0 radical (unpaired) electrons. The molecular formula is C17H24N4O3S. The topological polar surface area (TPSA) is 90.4 Å². The summed E-state index contributed by atoms with van der Waals surface area (Å²) in [5, 5.41) is 4.19. The zero-order chi connectivity index (χ0) is 17.7. The smallest absolute Gasteiger partial charge is 0.246 e. The van der Waals surface area contributed by atoms with Crippen molar-refractivity contribution < 1.29 is 13.2 Å². The van der Waals surface area contributed by atoms with E-state index in [1.807, 2.05) is 30.3 Å². The molecule has 1 aliphatic heterocycles. The molecule has 7 nitrogen and oxygen atoms in total. The molecule has 0 amide bonds. The van der Waals surface area contributed by atoms with Gasteiger partial charge in [0.25, 0.3) is 0 Å². The first-order chi connectivity index (χ1) is 12.1. The van der Waals surface area contributed by atoms with Gasteiger partial charge in [-0.15, -0.1) is 0 Å². The number of benzene rings is 1. The van der Waals surface area contributed by atoms with E-state index in [4.69, 9.17) is 10.5 Å². The van der Waals surface area contributed by atoms with Gasteiger partial charge in [0.1, 0.15) is 4.90 Å². The van der Waals surface area contributed by atoms with Gasteiger partial charge < -0.3 is 10.5 Å². The zero-order valence-electron chi connectivity index (χ0n) is 14.1. The minimum Gasteiger partial charge on any atom is -0.378 e. The van der Waals surface area contributed by atoms with Crippen molar-refractivity contribution in [2.24, 2.45) is 5.73 Å². The number of ether oxygens (including phenoxy) is 1. The maximum Gasteiger partial charge on any atom is 0.246 e. The molecule has 136 valence electrons. The van der Waals surface area contributed by atoms with Crippen LogP contribution in [0.1, 0.15) is 19.3 Å². The Morgan fingerprint density at radius 2 is 1.92 bits per heavy atom. The molecule has 1 aliphatic rings. The van der Waals surface area contributed by atoms with E-state index < -0.39 is 10.0 Å². The van der Waals surface area contributed by atoms with Gasteiger partial charge in [0.2, 0.25) is 10.0 Å². The first-order valence-electron chi connectivity index (χ1n) is 8.53. The Bertz CT molecular complexity index is 768. The van der Waals surface area contributed by atoms with Gasteiger partial charge >= 0.3 is 0 Å². The van der Waals surface area contributed by atoms with Crippen molar-refractivity contribution in [3.8, 4) is 5.69 Å². The zero-order valence-corrected chi connectivity index (χ0v) is 14.9. The molecule has 1 aromatic heterocycles. The van der Waals surface area contributed by atoms with Crippen LogP contribution >= 0.6 is 0 Å². The Kier molecular flexibility index (Phi) is 5.85. The Balaban J connectivity index is 1.64. The van der Waals surface area contributed by atoms with Gasteiger partial charge in [0.15, 0.2) is 0 Å². The summed E-state index contributed by atoms with van der Waals surface area (Å²) in [6, 6.07) is 9.45. The number of rotatable bonds is 7. The summed E-state index contributed by atoms with van der Waals surface area (Å²) in [5.74, 6) is 0. The second kappa shape index (κ2) is 8.09. The van der Waals surface area contributed by atoms with Crippen molar-refractivity contribution in [1.82, 2.24) is 14.1 Å². The van der Waals surface area contributed by atoms with Gasteiger partial charge in [0, 0.05) is 19.7 Å². The predicted molar refractivity (Wildman–Crippen MR) is 95.0 cm³/mol. The third kappa shape index (κ3) is 4.27. The second-order valence-corrected chi connectivity index (χ2v) is 8.01. The third-order valence-corrected chi connectivity index (χ3v) is 6.17. The van der Waals surface area contributed by atoms with Crippen LogP contribution in [0.15, 0.2) is 47.6 Å². The number of aromatic nitrogens is 2. The molecule has 3 rings (SSSR count). The van der Waals surface area contributed by atoms with Crippen molar-refractivity contribution in [1.29, 1.82) is 0 Å². The van der Waals surface area contributed by atoms with Crippen molar-refractivity contribution in [2.75, 3.05) is 26.2 Å². The number of sulfonamides is 1. The van der Waals surface area contributed by atoms with Gasteiger partial charge in [-0.05, 0) is 37.9 Å². The fraction of sp³-hybridized carbons (Fsp3) is 0.471. The highest BCUT2D eigenvalue weighted by Gasteiger charge is 2.30. The lowest BCUT2D eigenvalue weighted by Crippen LogP contribution is -2.40. The molecule has 1 aromatic carbocycles. The molecule has 0 bridgehead atoms. The van der Waals surface area contributed by atoms with Crippen LogP contribution in [0.4, 0.5) is 0 Å².